The molecule has 2 aromatic rings. The van der Waals surface area contributed by atoms with Crippen molar-refractivity contribution in [3.8, 4) is 0 Å². The molecule has 2 rings (SSSR count). The molecule has 7 nitrogen and oxygen atoms in total. The SMILES string of the molecule is CC(c1ccccc1)c1n[nH]c([N+](=O)[O-])c1C(N)=O. The third kappa shape index (κ3) is 2.30. The van der Waals surface area contributed by atoms with Crippen molar-refractivity contribution in [1.29, 1.82) is 0 Å². The van der Waals surface area contributed by atoms with Gasteiger partial charge in [0.2, 0.25) is 0 Å². The van der Waals surface area contributed by atoms with Gasteiger partial charge in [0.05, 0.1) is 0 Å². The van der Waals surface area contributed by atoms with Gasteiger partial charge in [0.1, 0.15) is 5.69 Å². The van der Waals surface area contributed by atoms with Crippen molar-refractivity contribution in [3.63, 3.8) is 0 Å². The molecule has 0 aliphatic carbocycles. The number of nitrogens with zero attached hydrogens (tertiary/aromatic N) is 2. The molecule has 0 bridgehead atoms. The Labute approximate surface area is 108 Å². The summed E-state index contributed by atoms with van der Waals surface area (Å²) < 4.78 is 0. The Balaban J connectivity index is 2.51. The normalized spacial score (nSPS) is 12.1. The highest BCUT2D eigenvalue weighted by Crippen LogP contribution is 2.29. The van der Waals surface area contributed by atoms with Crippen LogP contribution in [0.3, 0.4) is 0 Å². The average Bonchev–Trinajstić information content (AvgIpc) is 2.83. The highest BCUT2D eigenvalue weighted by atomic mass is 16.6. The van der Waals surface area contributed by atoms with E-state index in [0.29, 0.717) is 0 Å². The summed E-state index contributed by atoms with van der Waals surface area (Å²) in [6.45, 7) is 1.81. The van der Waals surface area contributed by atoms with Crippen LogP contribution in [0.15, 0.2) is 30.3 Å². The number of rotatable bonds is 4. The van der Waals surface area contributed by atoms with Crippen molar-refractivity contribution in [1.82, 2.24) is 10.2 Å². The van der Waals surface area contributed by atoms with Crippen molar-refractivity contribution in [2.75, 3.05) is 0 Å². The van der Waals surface area contributed by atoms with E-state index in [1.54, 1.807) is 0 Å². The maximum atomic E-state index is 11.4. The van der Waals surface area contributed by atoms with Crippen LogP contribution in [-0.4, -0.2) is 21.0 Å². The Morgan fingerprint density at radius 3 is 2.58 bits per heavy atom. The van der Waals surface area contributed by atoms with Crippen LogP contribution in [-0.2, 0) is 0 Å². The summed E-state index contributed by atoms with van der Waals surface area (Å²) in [5.41, 5.74) is 6.22. The summed E-state index contributed by atoms with van der Waals surface area (Å²) in [5.74, 6) is -1.60. The van der Waals surface area contributed by atoms with Crippen LogP contribution in [0, 0.1) is 10.1 Å². The van der Waals surface area contributed by atoms with E-state index in [0.717, 1.165) is 5.56 Å². The molecule has 0 saturated carbocycles. The average molecular weight is 260 g/mol. The van der Waals surface area contributed by atoms with E-state index in [9.17, 15) is 14.9 Å². The fourth-order valence-electron chi connectivity index (χ4n) is 1.93. The van der Waals surface area contributed by atoms with Crippen LogP contribution in [0.2, 0.25) is 0 Å². The maximum absolute atomic E-state index is 11.4. The standard InChI is InChI=1S/C12H12N4O3/c1-7(8-5-3-2-4-6-8)10-9(11(13)17)12(15-14-10)16(18)19/h2-7H,1H3,(H2,13,17)(H,14,15). The number of hydrogen-bond donors (Lipinski definition) is 2. The van der Waals surface area contributed by atoms with Gasteiger partial charge in [-0.05, 0) is 10.5 Å². The Morgan fingerprint density at radius 2 is 2.05 bits per heavy atom. The van der Waals surface area contributed by atoms with Crippen LogP contribution in [0.25, 0.3) is 0 Å². The lowest BCUT2D eigenvalue weighted by atomic mass is 9.95. The number of H-pyrrole nitrogens is 1. The third-order valence-corrected chi connectivity index (χ3v) is 2.91. The smallest absolute Gasteiger partial charge is 0.355 e. The van der Waals surface area contributed by atoms with Gasteiger partial charge >= 0.3 is 5.82 Å². The van der Waals surface area contributed by atoms with Gasteiger partial charge in [0.15, 0.2) is 5.56 Å². The summed E-state index contributed by atoms with van der Waals surface area (Å²) in [5, 5.41) is 16.9. The van der Waals surface area contributed by atoms with Gasteiger partial charge in [-0.1, -0.05) is 42.4 Å². The van der Waals surface area contributed by atoms with Gasteiger partial charge < -0.3 is 15.8 Å². The van der Waals surface area contributed by atoms with Crippen LogP contribution in [0.1, 0.15) is 34.5 Å². The van der Waals surface area contributed by atoms with Gasteiger partial charge in [-0.25, -0.2) is 0 Å². The van der Waals surface area contributed by atoms with Crippen molar-refractivity contribution in [3.05, 3.63) is 57.3 Å². The molecule has 0 saturated heterocycles. The van der Waals surface area contributed by atoms with Crippen LogP contribution in [0.4, 0.5) is 5.82 Å². The number of carbonyl (C=O) groups excluding carboxylic acids is 1. The molecule has 0 aliphatic heterocycles. The zero-order valence-electron chi connectivity index (χ0n) is 10.2. The molecule has 1 aromatic carbocycles. The summed E-state index contributed by atoms with van der Waals surface area (Å²) in [6, 6.07) is 9.26. The topological polar surface area (TPSA) is 115 Å². The summed E-state index contributed by atoms with van der Waals surface area (Å²) in [6.07, 6.45) is 0. The number of benzene rings is 1. The predicted octanol–water partition coefficient (Wildman–Crippen LogP) is 1.57. The molecule has 0 aliphatic rings. The van der Waals surface area contributed by atoms with E-state index < -0.39 is 16.6 Å². The molecule has 1 amide bonds. The number of aromatic nitrogens is 2. The Bertz CT molecular complexity index is 621. The van der Waals surface area contributed by atoms with E-state index in [4.69, 9.17) is 5.73 Å². The van der Waals surface area contributed by atoms with E-state index >= 15 is 0 Å². The molecule has 1 aromatic heterocycles. The fourth-order valence-corrected chi connectivity index (χ4v) is 1.93. The molecule has 1 unspecified atom stereocenters. The van der Waals surface area contributed by atoms with E-state index in [1.807, 2.05) is 37.3 Å². The molecule has 0 spiro atoms. The monoisotopic (exact) mass is 260 g/mol. The number of nitrogens with two attached hydrogens (primary N) is 1. The molecule has 1 atom stereocenters. The molecule has 0 fully saturated rings. The zero-order chi connectivity index (χ0) is 14.0. The highest BCUT2D eigenvalue weighted by Gasteiger charge is 2.29. The van der Waals surface area contributed by atoms with Crippen LogP contribution in [0.5, 0.6) is 0 Å². The molecular formula is C12H12N4O3. The number of hydrogen-bond acceptors (Lipinski definition) is 4. The van der Waals surface area contributed by atoms with Gasteiger partial charge in [-0.15, -0.1) is 5.10 Å². The lowest BCUT2D eigenvalue weighted by Crippen LogP contribution is -2.15. The minimum absolute atomic E-state index is 0.165. The summed E-state index contributed by atoms with van der Waals surface area (Å²) in [7, 11) is 0. The first-order valence-corrected chi connectivity index (χ1v) is 5.59. The van der Waals surface area contributed by atoms with Crippen molar-refractivity contribution >= 4 is 11.7 Å². The Kier molecular flexibility index (Phi) is 3.28. The number of nitrogens with one attached hydrogen (secondary N) is 1. The second-order valence-corrected chi connectivity index (χ2v) is 4.09. The zero-order valence-corrected chi connectivity index (χ0v) is 10.2. The number of nitro groups is 1. The summed E-state index contributed by atoms with van der Waals surface area (Å²) >= 11 is 0. The number of amides is 1. The van der Waals surface area contributed by atoms with Gasteiger partial charge in [0, 0.05) is 5.92 Å². The minimum atomic E-state index is -0.863. The van der Waals surface area contributed by atoms with E-state index in [1.165, 1.54) is 0 Å². The molecule has 19 heavy (non-hydrogen) atoms. The second kappa shape index (κ2) is 4.89. The minimum Gasteiger partial charge on any atom is -0.365 e. The van der Waals surface area contributed by atoms with Crippen molar-refractivity contribution < 1.29 is 9.72 Å². The Morgan fingerprint density at radius 1 is 1.42 bits per heavy atom. The highest BCUT2D eigenvalue weighted by molar-refractivity contribution is 5.97. The molecule has 0 radical (unpaired) electrons. The van der Waals surface area contributed by atoms with Crippen LogP contribution < -0.4 is 5.73 Å². The van der Waals surface area contributed by atoms with E-state index in [2.05, 4.69) is 10.2 Å². The largest absolute Gasteiger partial charge is 0.365 e. The predicted molar refractivity (Wildman–Crippen MR) is 67.7 cm³/mol. The first-order chi connectivity index (χ1) is 9.02. The van der Waals surface area contributed by atoms with E-state index in [-0.39, 0.29) is 17.2 Å². The second-order valence-electron chi connectivity index (χ2n) is 4.09. The Hall–Kier alpha value is -2.70. The van der Waals surface area contributed by atoms with Crippen LogP contribution >= 0.6 is 0 Å². The lowest BCUT2D eigenvalue weighted by molar-refractivity contribution is -0.389. The quantitative estimate of drug-likeness (QED) is 0.641. The number of carbonyl (C=O) groups is 1. The first kappa shape index (κ1) is 12.7. The van der Waals surface area contributed by atoms with Crippen molar-refractivity contribution in [2.45, 2.75) is 12.8 Å². The maximum Gasteiger partial charge on any atom is 0.355 e. The summed E-state index contributed by atoms with van der Waals surface area (Å²) in [4.78, 5) is 21.5. The number of primary amides is 1. The third-order valence-electron chi connectivity index (χ3n) is 2.91. The molecule has 3 N–H and O–H groups in total. The van der Waals surface area contributed by atoms with Gasteiger partial charge in [0.25, 0.3) is 5.91 Å². The van der Waals surface area contributed by atoms with Crippen molar-refractivity contribution in [2.24, 2.45) is 5.73 Å². The van der Waals surface area contributed by atoms with Gasteiger partial charge in [-0.3, -0.25) is 4.79 Å². The first-order valence-electron chi connectivity index (χ1n) is 5.59. The molecule has 98 valence electrons. The molecule has 7 heteroatoms. The lowest BCUT2D eigenvalue weighted by Gasteiger charge is -2.09. The molecule has 1 heterocycles. The molecular weight excluding hydrogens is 248 g/mol. The fraction of sp³-hybridized carbons (Fsp3) is 0.167. The number of aromatic amines is 1. The van der Waals surface area contributed by atoms with Gasteiger partial charge in [-0.2, -0.15) is 0 Å².